The minimum atomic E-state index is -0.0465. The summed E-state index contributed by atoms with van der Waals surface area (Å²) < 4.78 is 3.93. The number of aromatic nitrogens is 1. The van der Waals surface area contributed by atoms with Crippen LogP contribution >= 0.6 is 31.9 Å². The molecule has 1 heterocycles. The quantitative estimate of drug-likeness (QED) is 0.664. The lowest BCUT2D eigenvalue weighted by atomic mass is 10.2. The normalized spacial score (nSPS) is 10.8. The maximum absolute atomic E-state index is 12.1. The van der Waals surface area contributed by atoms with Crippen molar-refractivity contribution in [2.75, 3.05) is 5.32 Å². The maximum Gasteiger partial charge on any atom is 0.244 e. The van der Waals surface area contributed by atoms with Crippen LogP contribution in [0.3, 0.4) is 0 Å². The van der Waals surface area contributed by atoms with Crippen molar-refractivity contribution in [3.63, 3.8) is 0 Å². The number of nitrogens with one attached hydrogen (secondary N) is 1. The van der Waals surface area contributed by atoms with Gasteiger partial charge in [-0.3, -0.25) is 4.79 Å². The third kappa shape index (κ3) is 3.36. The number of carbonyl (C=O) groups is 1. The van der Waals surface area contributed by atoms with E-state index in [1.807, 2.05) is 59.3 Å². The molecule has 0 radical (unpaired) electrons. The third-order valence-corrected chi connectivity index (χ3v) is 4.20. The second-order valence-corrected chi connectivity index (χ2v) is 6.53. The lowest BCUT2D eigenvalue weighted by Crippen LogP contribution is -2.18. The Morgan fingerprint density at radius 3 is 2.48 bits per heavy atom. The molecule has 0 saturated heterocycles. The molecule has 0 saturated carbocycles. The summed E-state index contributed by atoms with van der Waals surface area (Å²) in [7, 11) is 0. The Bertz CT molecular complexity index is 794. The number of carbonyl (C=O) groups excluding carboxylic acids is 1. The first kappa shape index (κ1) is 14.4. The number of anilines is 1. The van der Waals surface area contributed by atoms with E-state index in [4.69, 9.17) is 0 Å². The number of amides is 1. The van der Waals surface area contributed by atoms with E-state index in [0.717, 1.165) is 25.5 Å². The Labute approximate surface area is 139 Å². The van der Waals surface area contributed by atoms with Crippen LogP contribution in [0.2, 0.25) is 0 Å². The summed E-state index contributed by atoms with van der Waals surface area (Å²) in [6.07, 6.45) is 1.93. The Balaban J connectivity index is 1.77. The minimum Gasteiger partial charge on any atom is -0.338 e. The van der Waals surface area contributed by atoms with Crippen molar-refractivity contribution >= 4 is 54.4 Å². The van der Waals surface area contributed by atoms with Crippen molar-refractivity contribution in [3.05, 3.63) is 63.7 Å². The minimum absolute atomic E-state index is 0.0465. The fourth-order valence-electron chi connectivity index (χ4n) is 2.18. The van der Waals surface area contributed by atoms with E-state index in [-0.39, 0.29) is 12.5 Å². The Morgan fingerprint density at radius 2 is 1.71 bits per heavy atom. The van der Waals surface area contributed by atoms with Gasteiger partial charge in [0.1, 0.15) is 6.54 Å². The number of halogens is 2. The Kier molecular flexibility index (Phi) is 4.12. The second-order valence-electron chi connectivity index (χ2n) is 4.70. The van der Waals surface area contributed by atoms with Crippen LogP contribution in [0.4, 0.5) is 5.69 Å². The Hall–Kier alpha value is -1.59. The van der Waals surface area contributed by atoms with E-state index in [1.165, 1.54) is 0 Å². The summed E-state index contributed by atoms with van der Waals surface area (Å²) >= 11 is 6.83. The SMILES string of the molecule is O=C(Cn1ccc2ccc(Br)cc21)Nc1ccc(Br)cc1. The summed E-state index contributed by atoms with van der Waals surface area (Å²) in [6, 6.07) is 15.6. The molecule has 0 unspecified atom stereocenters. The molecule has 1 aromatic heterocycles. The molecule has 0 fully saturated rings. The van der Waals surface area contributed by atoms with Gasteiger partial charge in [-0.1, -0.05) is 37.9 Å². The molecule has 5 heteroatoms. The third-order valence-electron chi connectivity index (χ3n) is 3.18. The average Bonchev–Trinajstić information content (AvgIpc) is 2.84. The van der Waals surface area contributed by atoms with Gasteiger partial charge < -0.3 is 9.88 Å². The van der Waals surface area contributed by atoms with Gasteiger partial charge in [0.25, 0.3) is 0 Å². The van der Waals surface area contributed by atoms with Crippen molar-refractivity contribution < 1.29 is 4.79 Å². The van der Waals surface area contributed by atoms with Gasteiger partial charge >= 0.3 is 0 Å². The molecule has 3 rings (SSSR count). The lowest BCUT2D eigenvalue weighted by molar-refractivity contribution is -0.116. The van der Waals surface area contributed by atoms with E-state index in [1.54, 1.807) is 0 Å². The predicted molar refractivity (Wildman–Crippen MR) is 92.4 cm³/mol. The molecule has 0 bridgehead atoms. The zero-order chi connectivity index (χ0) is 14.8. The molecule has 0 aliphatic rings. The molecule has 0 atom stereocenters. The van der Waals surface area contributed by atoms with Crippen molar-refractivity contribution in [2.45, 2.75) is 6.54 Å². The molecule has 0 spiro atoms. The number of benzene rings is 2. The predicted octanol–water partition coefficient (Wildman–Crippen LogP) is 4.81. The molecule has 21 heavy (non-hydrogen) atoms. The molecule has 3 aromatic rings. The molecule has 2 aromatic carbocycles. The highest BCUT2D eigenvalue weighted by Gasteiger charge is 2.07. The van der Waals surface area contributed by atoms with Gasteiger partial charge in [0.2, 0.25) is 5.91 Å². The molecule has 1 N–H and O–H groups in total. The number of hydrogen-bond acceptors (Lipinski definition) is 1. The van der Waals surface area contributed by atoms with Crippen molar-refractivity contribution in [2.24, 2.45) is 0 Å². The number of rotatable bonds is 3. The van der Waals surface area contributed by atoms with E-state index in [0.29, 0.717) is 0 Å². The van der Waals surface area contributed by atoms with Crippen LogP contribution in [0.15, 0.2) is 63.7 Å². The fourth-order valence-corrected chi connectivity index (χ4v) is 2.80. The first-order chi connectivity index (χ1) is 10.1. The van der Waals surface area contributed by atoms with Crippen LogP contribution in [-0.4, -0.2) is 10.5 Å². The summed E-state index contributed by atoms with van der Waals surface area (Å²) in [6.45, 7) is 0.288. The summed E-state index contributed by atoms with van der Waals surface area (Å²) in [5, 5.41) is 4.01. The van der Waals surface area contributed by atoms with Crippen LogP contribution in [0.5, 0.6) is 0 Å². The second kappa shape index (κ2) is 6.03. The van der Waals surface area contributed by atoms with Crippen molar-refractivity contribution in [1.82, 2.24) is 4.57 Å². The van der Waals surface area contributed by atoms with Gasteiger partial charge in [-0.15, -0.1) is 0 Å². The molecule has 0 aliphatic heterocycles. The first-order valence-corrected chi connectivity index (χ1v) is 8.00. The zero-order valence-corrected chi connectivity index (χ0v) is 14.2. The lowest BCUT2D eigenvalue weighted by Gasteiger charge is -2.08. The molecular formula is C16H12Br2N2O. The van der Waals surface area contributed by atoms with E-state index >= 15 is 0 Å². The fraction of sp³-hybridized carbons (Fsp3) is 0.0625. The van der Waals surface area contributed by atoms with Crippen LogP contribution < -0.4 is 5.32 Å². The van der Waals surface area contributed by atoms with Crippen LogP contribution in [0, 0.1) is 0 Å². The molecule has 0 aliphatic carbocycles. The topological polar surface area (TPSA) is 34.0 Å². The number of fused-ring (bicyclic) bond motifs is 1. The highest BCUT2D eigenvalue weighted by molar-refractivity contribution is 9.10. The molecule has 3 nitrogen and oxygen atoms in total. The summed E-state index contributed by atoms with van der Waals surface area (Å²) in [5.74, 6) is -0.0465. The van der Waals surface area contributed by atoms with Gasteiger partial charge in [0.05, 0.1) is 0 Å². The van der Waals surface area contributed by atoms with Gasteiger partial charge in [-0.25, -0.2) is 0 Å². The average molecular weight is 408 g/mol. The van der Waals surface area contributed by atoms with Gasteiger partial charge in [-0.05, 0) is 47.9 Å². The van der Waals surface area contributed by atoms with Crippen LogP contribution in [0.1, 0.15) is 0 Å². The highest BCUT2D eigenvalue weighted by Crippen LogP contribution is 2.21. The van der Waals surface area contributed by atoms with Gasteiger partial charge in [0.15, 0.2) is 0 Å². The van der Waals surface area contributed by atoms with E-state index in [2.05, 4.69) is 37.2 Å². The largest absolute Gasteiger partial charge is 0.338 e. The standard InChI is InChI=1S/C16H12Br2N2O/c17-12-3-5-14(6-4-12)19-16(21)10-20-8-7-11-1-2-13(18)9-15(11)20/h1-9H,10H2,(H,19,21). The first-order valence-electron chi connectivity index (χ1n) is 6.42. The number of hydrogen-bond donors (Lipinski definition) is 1. The van der Waals surface area contributed by atoms with Crippen molar-refractivity contribution in [1.29, 1.82) is 0 Å². The zero-order valence-electron chi connectivity index (χ0n) is 11.0. The molecular weight excluding hydrogens is 396 g/mol. The van der Waals surface area contributed by atoms with Crippen LogP contribution in [0.25, 0.3) is 10.9 Å². The number of nitrogens with zero attached hydrogens (tertiary/aromatic N) is 1. The molecule has 1 amide bonds. The molecule has 106 valence electrons. The summed E-state index contributed by atoms with van der Waals surface area (Å²) in [4.78, 5) is 12.1. The monoisotopic (exact) mass is 406 g/mol. The highest BCUT2D eigenvalue weighted by atomic mass is 79.9. The van der Waals surface area contributed by atoms with Crippen LogP contribution in [-0.2, 0) is 11.3 Å². The summed E-state index contributed by atoms with van der Waals surface area (Å²) in [5.41, 5.74) is 1.83. The van der Waals surface area contributed by atoms with Crippen molar-refractivity contribution in [3.8, 4) is 0 Å². The van der Waals surface area contributed by atoms with E-state index < -0.39 is 0 Å². The van der Waals surface area contributed by atoms with E-state index in [9.17, 15) is 4.79 Å². The van der Waals surface area contributed by atoms with Gasteiger partial charge in [-0.2, -0.15) is 0 Å². The van der Waals surface area contributed by atoms with Gasteiger partial charge in [0, 0.05) is 26.3 Å². The maximum atomic E-state index is 12.1. The Morgan fingerprint density at radius 1 is 1.00 bits per heavy atom. The smallest absolute Gasteiger partial charge is 0.244 e.